The van der Waals surface area contributed by atoms with Crippen LogP contribution in [-0.2, 0) is 11.2 Å². The second kappa shape index (κ2) is 4.05. The van der Waals surface area contributed by atoms with Crippen molar-refractivity contribution < 1.29 is 4.79 Å². The summed E-state index contributed by atoms with van der Waals surface area (Å²) >= 11 is 4.08. The fraction of sp³-hybridized carbons (Fsp3) is 0.364. The first-order valence-electron chi connectivity index (χ1n) is 4.82. The van der Waals surface area contributed by atoms with Crippen molar-refractivity contribution in [2.75, 3.05) is 17.2 Å². The molecule has 0 saturated carbocycles. The van der Waals surface area contributed by atoms with Crippen molar-refractivity contribution in [2.45, 2.75) is 12.8 Å². The Kier molecular flexibility index (Phi) is 2.77. The molecule has 14 heavy (non-hydrogen) atoms. The number of amides is 1. The molecule has 2 nitrogen and oxygen atoms in total. The van der Waals surface area contributed by atoms with E-state index in [0.717, 1.165) is 18.7 Å². The van der Waals surface area contributed by atoms with Gasteiger partial charge in [-0.2, -0.15) is 12.6 Å². The van der Waals surface area contributed by atoms with E-state index < -0.39 is 0 Å². The Morgan fingerprint density at radius 2 is 2.21 bits per heavy atom. The van der Waals surface area contributed by atoms with Crippen LogP contribution < -0.4 is 4.90 Å². The minimum atomic E-state index is 0.185. The number of carbonyl (C=O) groups is 1. The van der Waals surface area contributed by atoms with Crippen molar-refractivity contribution in [1.29, 1.82) is 0 Å². The summed E-state index contributed by atoms with van der Waals surface area (Å²) in [6.45, 7) is 0.825. The van der Waals surface area contributed by atoms with Crippen molar-refractivity contribution in [2.24, 2.45) is 0 Å². The van der Waals surface area contributed by atoms with Gasteiger partial charge in [-0.15, -0.1) is 0 Å². The van der Waals surface area contributed by atoms with Crippen LogP contribution in [0, 0.1) is 0 Å². The molecule has 0 aliphatic carbocycles. The van der Waals surface area contributed by atoms with Gasteiger partial charge in [-0.25, -0.2) is 0 Å². The molecule has 0 unspecified atom stereocenters. The van der Waals surface area contributed by atoms with Crippen LogP contribution in [0.2, 0.25) is 0 Å². The smallest absolute Gasteiger partial charge is 0.227 e. The monoisotopic (exact) mass is 207 g/mol. The van der Waals surface area contributed by atoms with Crippen LogP contribution in [0.25, 0.3) is 0 Å². The van der Waals surface area contributed by atoms with Crippen molar-refractivity contribution in [1.82, 2.24) is 0 Å². The molecule has 0 N–H and O–H groups in total. The zero-order valence-corrected chi connectivity index (χ0v) is 8.83. The molecule has 0 spiro atoms. The largest absolute Gasteiger partial charge is 0.312 e. The van der Waals surface area contributed by atoms with Gasteiger partial charge in [-0.3, -0.25) is 4.79 Å². The number of anilines is 1. The minimum Gasteiger partial charge on any atom is -0.312 e. The van der Waals surface area contributed by atoms with Gasteiger partial charge in [0.2, 0.25) is 5.91 Å². The Labute approximate surface area is 89.3 Å². The lowest BCUT2D eigenvalue weighted by molar-refractivity contribution is -0.118. The Hall–Kier alpha value is -0.960. The molecule has 0 aromatic heterocycles. The molecule has 0 atom stereocenters. The predicted molar refractivity (Wildman–Crippen MR) is 61.0 cm³/mol. The maximum absolute atomic E-state index is 11.7. The number of fused-ring (bicyclic) bond motifs is 1. The SMILES string of the molecule is O=C(CCS)N1CCc2ccccc21. The number of carbonyl (C=O) groups excluding carboxylic acids is 1. The van der Waals surface area contributed by atoms with E-state index in [0.29, 0.717) is 12.2 Å². The third-order valence-electron chi connectivity index (χ3n) is 2.51. The molecule has 0 saturated heterocycles. The Morgan fingerprint density at radius 3 is 3.00 bits per heavy atom. The average Bonchev–Trinajstić information content (AvgIpc) is 2.61. The first-order valence-corrected chi connectivity index (χ1v) is 5.45. The van der Waals surface area contributed by atoms with Crippen LogP contribution in [0.3, 0.4) is 0 Å². The van der Waals surface area contributed by atoms with Crippen molar-refractivity contribution in [3.05, 3.63) is 29.8 Å². The summed E-state index contributed by atoms with van der Waals surface area (Å²) in [6.07, 6.45) is 1.51. The van der Waals surface area contributed by atoms with Gasteiger partial charge in [0.15, 0.2) is 0 Å². The van der Waals surface area contributed by atoms with Gasteiger partial charge >= 0.3 is 0 Å². The molecule has 1 aliphatic heterocycles. The average molecular weight is 207 g/mol. The summed E-state index contributed by atoms with van der Waals surface area (Å²) < 4.78 is 0. The van der Waals surface area contributed by atoms with E-state index >= 15 is 0 Å². The molecular formula is C11H13NOS. The normalized spacial score (nSPS) is 14.2. The Balaban J connectivity index is 2.21. The van der Waals surface area contributed by atoms with E-state index in [-0.39, 0.29) is 5.91 Å². The molecular weight excluding hydrogens is 194 g/mol. The van der Waals surface area contributed by atoms with Crippen molar-refractivity contribution >= 4 is 24.2 Å². The molecule has 2 rings (SSSR count). The first kappa shape index (κ1) is 9.59. The van der Waals surface area contributed by atoms with E-state index in [1.807, 2.05) is 23.1 Å². The lowest BCUT2D eigenvalue weighted by atomic mass is 10.2. The molecule has 0 radical (unpaired) electrons. The summed E-state index contributed by atoms with van der Waals surface area (Å²) in [6, 6.07) is 8.10. The second-order valence-corrected chi connectivity index (χ2v) is 3.84. The number of nitrogens with zero attached hydrogens (tertiary/aromatic N) is 1. The zero-order chi connectivity index (χ0) is 9.97. The summed E-state index contributed by atoms with van der Waals surface area (Å²) in [7, 11) is 0. The first-order chi connectivity index (χ1) is 6.83. The maximum atomic E-state index is 11.7. The number of benzene rings is 1. The highest BCUT2D eigenvalue weighted by Gasteiger charge is 2.22. The molecule has 3 heteroatoms. The van der Waals surface area contributed by atoms with Crippen LogP contribution in [-0.4, -0.2) is 18.2 Å². The lowest BCUT2D eigenvalue weighted by Gasteiger charge is -2.16. The molecule has 74 valence electrons. The standard InChI is InChI=1S/C11H13NOS/c13-11(6-8-14)12-7-5-9-3-1-2-4-10(9)12/h1-4,14H,5-8H2. The van der Waals surface area contributed by atoms with E-state index in [1.165, 1.54) is 5.56 Å². The van der Waals surface area contributed by atoms with Crippen molar-refractivity contribution in [3.63, 3.8) is 0 Å². The zero-order valence-electron chi connectivity index (χ0n) is 7.94. The molecule has 1 aromatic rings. The molecule has 0 fully saturated rings. The van der Waals surface area contributed by atoms with Gasteiger partial charge in [-0.1, -0.05) is 18.2 Å². The van der Waals surface area contributed by atoms with Gasteiger partial charge in [-0.05, 0) is 23.8 Å². The molecule has 1 heterocycles. The molecule has 1 aromatic carbocycles. The van der Waals surface area contributed by atoms with E-state index in [2.05, 4.69) is 18.7 Å². The number of hydrogen-bond donors (Lipinski definition) is 1. The van der Waals surface area contributed by atoms with Crippen LogP contribution in [0.5, 0.6) is 0 Å². The van der Waals surface area contributed by atoms with Crippen LogP contribution in [0.4, 0.5) is 5.69 Å². The number of thiol groups is 1. The molecule has 1 aliphatic rings. The highest BCUT2D eigenvalue weighted by Crippen LogP contribution is 2.27. The van der Waals surface area contributed by atoms with Gasteiger partial charge < -0.3 is 4.90 Å². The van der Waals surface area contributed by atoms with Crippen LogP contribution >= 0.6 is 12.6 Å². The summed E-state index contributed by atoms with van der Waals surface area (Å²) in [5.74, 6) is 0.808. The van der Waals surface area contributed by atoms with Crippen LogP contribution in [0.15, 0.2) is 24.3 Å². The Bertz CT molecular complexity index is 351. The summed E-state index contributed by atoms with van der Waals surface area (Å²) in [5.41, 5.74) is 2.36. The van der Waals surface area contributed by atoms with E-state index in [4.69, 9.17) is 0 Å². The second-order valence-electron chi connectivity index (χ2n) is 3.40. The fourth-order valence-corrected chi connectivity index (χ4v) is 2.02. The highest BCUT2D eigenvalue weighted by molar-refractivity contribution is 7.80. The molecule has 1 amide bonds. The van der Waals surface area contributed by atoms with Gasteiger partial charge in [0.25, 0.3) is 0 Å². The number of hydrogen-bond acceptors (Lipinski definition) is 2. The van der Waals surface area contributed by atoms with Crippen molar-refractivity contribution in [3.8, 4) is 0 Å². The third kappa shape index (κ3) is 1.64. The fourth-order valence-electron chi connectivity index (χ4n) is 1.83. The van der Waals surface area contributed by atoms with Gasteiger partial charge in [0.1, 0.15) is 0 Å². The van der Waals surface area contributed by atoms with Crippen LogP contribution in [0.1, 0.15) is 12.0 Å². The quantitative estimate of drug-likeness (QED) is 0.734. The highest BCUT2D eigenvalue weighted by atomic mass is 32.1. The number of para-hydroxylation sites is 1. The lowest BCUT2D eigenvalue weighted by Crippen LogP contribution is -2.28. The summed E-state index contributed by atoms with van der Waals surface area (Å²) in [5, 5.41) is 0. The predicted octanol–water partition coefficient (Wildman–Crippen LogP) is 1.90. The third-order valence-corrected chi connectivity index (χ3v) is 2.74. The van der Waals surface area contributed by atoms with Gasteiger partial charge in [0.05, 0.1) is 0 Å². The topological polar surface area (TPSA) is 20.3 Å². The molecule has 0 bridgehead atoms. The summed E-state index contributed by atoms with van der Waals surface area (Å²) in [4.78, 5) is 13.6. The Morgan fingerprint density at radius 1 is 1.43 bits per heavy atom. The number of rotatable bonds is 2. The minimum absolute atomic E-state index is 0.185. The van der Waals surface area contributed by atoms with E-state index in [9.17, 15) is 4.79 Å². The van der Waals surface area contributed by atoms with Gasteiger partial charge in [0, 0.05) is 18.7 Å². The maximum Gasteiger partial charge on any atom is 0.227 e. The van der Waals surface area contributed by atoms with E-state index in [1.54, 1.807) is 0 Å².